The average molecular weight is 272 g/mol. The van der Waals surface area contributed by atoms with E-state index in [4.69, 9.17) is 10.5 Å². The molecule has 0 spiro atoms. The van der Waals surface area contributed by atoms with Crippen LogP contribution < -0.4 is 11.1 Å². The molecule has 1 atom stereocenters. The van der Waals surface area contributed by atoms with E-state index in [1.54, 1.807) is 0 Å². The summed E-state index contributed by atoms with van der Waals surface area (Å²) in [6, 6.07) is -0.654. The lowest BCUT2D eigenvalue weighted by Crippen LogP contribution is -2.53. The third kappa shape index (κ3) is 3.91. The third-order valence-corrected chi connectivity index (χ3v) is 3.72. The van der Waals surface area contributed by atoms with Crippen molar-refractivity contribution in [3.8, 4) is 0 Å². The number of hydrogen-bond acceptors (Lipinski definition) is 4. The molecule has 0 aromatic heterocycles. The van der Waals surface area contributed by atoms with E-state index in [0.717, 1.165) is 0 Å². The van der Waals surface area contributed by atoms with Crippen molar-refractivity contribution in [2.75, 3.05) is 19.8 Å². The molecule has 1 rings (SSSR count). The van der Waals surface area contributed by atoms with E-state index in [1.807, 2.05) is 20.8 Å². The summed E-state index contributed by atoms with van der Waals surface area (Å²) in [5.74, 6) is -1.19. The van der Waals surface area contributed by atoms with Crippen LogP contribution in [0.1, 0.15) is 33.6 Å². The molecule has 19 heavy (non-hydrogen) atoms. The number of carbonyl (C=O) groups excluding carboxylic acids is 1. The van der Waals surface area contributed by atoms with Crippen LogP contribution in [0, 0.1) is 10.8 Å². The lowest BCUT2D eigenvalue weighted by Gasteiger charge is -2.34. The van der Waals surface area contributed by atoms with E-state index < -0.39 is 17.4 Å². The van der Waals surface area contributed by atoms with Gasteiger partial charge in [0.1, 0.15) is 0 Å². The highest BCUT2D eigenvalue weighted by Gasteiger charge is 2.41. The van der Waals surface area contributed by atoms with E-state index in [-0.39, 0.29) is 17.9 Å². The minimum atomic E-state index is -0.925. The Balaban J connectivity index is 2.63. The Bertz CT molecular complexity index is 343. The van der Waals surface area contributed by atoms with Gasteiger partial charge in [0, 0.05) is 19.8 Å². The molecule has 0 aromatic carbocycles. The number of amides is 1. The average Bonchev–Trinajstić information content (AvgIpc) is 2.34. The Morgan fingerprint density at radius 2 is 1.89 bits per heavy atom. The Morgan fingerprint density at radius 3 is 2.32 bits per heavy atom. The van der Waals surface area contributed by atoms with Gasteiger partial charge in [-0.05, 0) is 18.3 Å². The first-order valence-corrected chi connectivity index (χ1v) is 6.53. The summed E-state index contributed by atoms with van der Waals surface area (Å²) in [6.07, 6.45) is 0.820. The SMILES string of the molecule is CC(C)(C)[C@H](N)C(=O)NCC1(C(=O)O)CCOCC1. The first-order valence-electron chi connectivity index (χ1n) is 6.53. The van der Waals surface area contributed by atoms with Gasteiger partial charge in [0.05, 0.1) is 11.5 Å². The van der Waals surface area contributed by atoms with E-state index in [1.165, 1.54) is 0 Å². The minimum Gasteiger partial charge on any atom is -0.481 e. The summed E-state index contributed by atoms with van der Waals surface area (Å²) in [5, 5.41) is 12.0. The Hall–Kier alpha value is -1.14. The molecule has 0 saturated carbocycles. The summed E-state index contributed by atoms with van der Waals surface area (Å²) in [7, 11) is 0. The Kier molecular flexibility index (Phi) is 4.92. The van der Waals surface area contributed by atoms with Gasteiger partial charge >= 0.3 is 5.97 Å². The molecular weight excluding hydrogens is 248 g/mol. The first-order chi connectivity index (χ1) is 8.69. The molecule has 0 bridgehead atoms. The van der Waals surface area contributed by atoms with E-state index in [0.29, 0.717) is 26.1 Å². The Morgan fingerprint density at radius 1 is 1.37 bits per heavy atom. The molecule has 1 heterocycles. The number of ether oxygens (including phenoxy) is 1. The highest BCUT2D eigenvalue weighted by Crippen LogP contribution is 2.30. The molecule has 1 saturated heterocycles. The zero-order valence-electron chi connectivity index (χ0n) is 11.9. The fourth-order valence-electron chi connectivity index (χ4n) is 1.99. The van der Waals surface area contributed by atoms with Crippen molar-refractivity contribution in [3.05, 3.63) is 0 Å². The summed E-state index contributed by atoms with van der Waals surface area (Å²) >= 11 is 0. The van der Waals surface area contributed by atoms with Crippen molar-refractivity contribution in [2.24, 2.45) is 16.6 Å². The number of nitrogens with one attached hydrogen (secondary N) is 1. The maximum absolute atomic E-state index is 11.9. The van der Waals surface area contributed by atoms with Crippen molar-refractivity contribution in [1.82, 2.24) is 5.32 Å². The fraction of sp³-hybridized carbons (Fsp3) is 0.846. The van der Waals surface area contributed by atoms with Crippen LogP contribution in [0.5, 0.6) is 0 Å². The monoisotopic (exact) mass is 272 g/mol. The molecular formula is C13H24N2O4. The topological polar surface area (TPSA) is 102 Å². The molecule has 1 aliphatic rings. The number of hydrogen-bond donors (Lipinski definition) is 3. The van der Waals surface area contributed by atoms with Crippen LogP contribution in [0.3, 0.4) is 0 Å². The van der Waals surface area contributed by atoms with E-state index in [2.05, 4.69) is 5.32 Å². The van der Waals surface area contributed by atoms with Crippen molar-refractivity contribution < 1.29 is 19.4 Å². The summed E-state index contributed by atoms with van der Waals surface area (Å²) in [6.45, 7) is 6.55. The molecule has 6 heteroatoms. The van der Waals surface area contributed by atoms with Gasteiger partial charge < -0.3 is 20.9 Å². The van der Waals surface area contributed by atoms with E-state index >= 15 is 0 Å². The zero-order valence-corrected chi connectivity index (χ0v) is 11.9. The lowest BCUT2D eigenvalue weighted by molar-refractivity contribution is -0.154. The zero-order chi connectivity index (χ0) is 14.7. The maximum atomic E-state index is 11.9. The molecule has 0 aliphatic carbocycles. The second kappa shape index (κ2) is 5.88. The summed E-state index contributed by atoms with van der Waals surface area (Å²) < 4.78 is 5.18. The van der Waals surface area contributed by atoms with Crippen LogP contribution in [0.25, 0.3) is 0 Å². The third-order valence-electron chi connectivity index (χ3n) is 3.72. The van der Waals surface area contributed by atoms with Gasteiger partial charge in [-0.2, -0.15) is 0 Å². The number of carbonyl (C=O) groups is 2. The fourth-order valence-corrected chi connectivity index (χ4v) is 1.99. The highest BCUT2D eigenvalue weighted by atomic mass is 16.5. The van der Waals surface area contributed by atoms with Crippen LogP contribution in [0.2, 0.25) is 0 Å². The molecule has 1 amide bonds. The van der Waals surface area contributed by atoms with Gasteiger partial charge in [0.2, 0.25) is 5.91 Å². The number of nitrogens with two attached hydrogens (primary N) is 1. The van der Waals surface area contributed by atoms with E-state index in [9.17, 15) is 14.7 Å². The molecule has 6 nitrogen and oxygen atoms in total. The number of aliphatic carboxylic acids is 1. The lowest BCUT2D eigenvalue weighted by atomic mass is 9.80. The molecule has 0 aromatic rings. The number of carboxylic acid groups (broad SMARTS) is 1. The van der Waals surface area contributed by atoms with Gasteiger partial charge in [-0.25, -0.2) is 0 Å². The predicted octanol–water partition coefficient (Wildman–Crippen LogP) is 0.357. The smallest absolute Gasteiger partial charge is 0.311 e. The van der Waals surface area contributed by atoms with Crippen LogP contribution in [-0.2, 0) is 14.3 Å². The second-order valence-corrected chi connectivity index (χ2v) is 6.26. The molecule has 0 radical (unpaired) electrons. The second-order valence-electron chi connectivity index (χ2n) is 6.26. The van der Waals surface area contributed by atoms with Crippen LogP contribution in [0.15, 0.2) is 0 Å². The standard InChI is InChI=1S/C13H24N2O4/c1-12(2,3)9(14)10(16)15-8-13(11(17)18)4-6-19-7-5-13/h9H,4-8,14H2,1-3H3,(H,15,16)(H,17,18)/t9-/m1/s1. The maximum Gasteiger partial charge on any atom is 0.311 e. The normalized spacial score (nSPS) is 20.6. The Labute approximate surface area is 113 Å². The van der Waals surface area contributed by atoms with Crippen LogP contribution in [0.4, 0.5) is 0 Å². The predicted molar refractivity (Wildman–Crippen MR) is 70.6 cm³/mol. The van der Waals surface area contributed by atoms with Crippen molar-refractivity contribution in [2.45, 2.75) is 39.7 Å². The van der Waals surface area contributed by atoms with Crippen LogP contribution >= 0.6 is 0 Å². The number of rotatable bonds is 4. The molecule has 1 aliphatic heterocycles. The minimum absolute atomic E-state index is 0.105. The van der Waals surface area contributed by atoms with Crippen LogP contribution in [-0.4, -0.2) is 42.8 Å². The first kappa shape index (κ1) is 15.9. The van der Waals surface area contributed by atoms with Gasteiger partial charge in [-0.1, -0.05) is 20.8 Å². The molecule has 4 N–H and O–H groups in total. The van der Waals surface area contributed by atoms with Crippen molar-refractivity contribution in [1.29, 1.82) is 0 Å². The summed E-state index contributed by atoms with van der Waals surface area (Å²) in [5.41, 5.74) is 4.57. The highest BCUT2D eigenvalue weighted by molar-refractivity contribution is 5.83. The largest absolute Gasteiger partial charge is 0.481 e. The molecule has 110 valence electrons. The van der Waals surface area contributed by atoms with Gasteiger partial charge in [0.25, 0.3) is 0 Å². The van der Waals surface area contributed by atoms with Gasteiger partial charge in [-0.3, -0.25) is 9.59 Å². The van der Waals surface area contributed by atoms with Gasteiger partial charge in [-0.15, -0.1) is 0 Å². The van der Waals surface area contributed by atoms with Gasteiger partial charge in [0.15, 0.2) is 0 Å². The van der Waals surface area contributed by atoms with Crippen molar-refractivity contribution in [3.63, 3.8) is 0 Å². The van der Waals surface area contributed by atoms with Crippen molar-refractivity contribution >= 4 is 11.9 Å². The number of carboxylic acids is 1. The molecule has 0 unspecified atom stereocenters. The molecule has 1 fully saturated rings. The quantitative estimate of drug-likeness (QED) is 0.685. The summed E-state index contributed by atoms with van der Waals surface area (Å²) in [4.78, 5) is 23.4.